The van der Waals surface area contributed by atoms with Crippen molar-refractivity contribution in [2.45, 2.75) is 58.0 Å². The van der Waals surface area contributed by atoms with Gasteiger partial charge in [0.1, 0.15) is 5.60 Å². The Balaban J connectivity index is 2.08. The van der Waals surface area contributed by atoms with Crippen LogP contribution in [0.3, 0.4) is 0 Å². The monoisotopic (exact) mass is 224 g/mol. The maximum Gasteiger partial charge on any atom is 0.258 e. The van der Waals surface area contributed by atoms with Crippen molar-refractivity contribution in [3.05, 3.63) is 11.7 Å². The summed E-state index contributed by atoms with van der Waals surface area (Å²) in [5, 5.41) is 13.7. The fourth-order valence-corrected chi connectivity index (χ4v) is 2.17. The van der Waals surface area contributed by atoms with E-state index in [0.717, 1.165) is 24.6 Å². The molecule has 0 amide bonds. The Bertz CT molecular complexity index is 346. The summed E-state index contributed by atoms with van der Waals surface area (Å²) in [4.78, 5) is 4.30. The van der Waals surface area contributed by atoms with Crippen LogP contribution in [0.15, 0.2) is 4.52 Å². The number of nitrogens with zero attached hydrogens (tertiary/aromatic N) is 2. The lowest BCUT2D eigenvalue weighted by Gasteiger charge is -2.23. The lowest BCUT2D eigenvalue weighted by molar-refractivity contribution is 0.0420. The molecule has 4 heteroatoms. The van der Waals surface area contributed by atoms with Crippen molar-refractivity contribution in [3.8, 4) is 0 Å². The number of aromatic nitrogens is 2. The predicted octanol–water partition coefficient (Wildman–Crippen LogP) is 2.59. The summed E-state index contributed by atoms with van der Waals surface area (Å²) >= 11 is 0. The van der Waals surface area contributed by atoms with Gasteiger partial charge in [-0.05, 0) is 32.6 Å². The Kier molecular flexibility index (Phi) is 3.02. The molecule has 1 aliphatic carbocycles. The molecular formula is C12H20N2O2. The quantitative estimate of drug-likeness (QED) is 0.838. The van der Waals surface area contributed by atoms with Gasteiger partial charge in [0.15, 0.2) is 5.82 Å². The first-order chi connectivity index (χ1) is 7.47. The summed E-state index contributed by atoms with van der Waals surface area (Å²) < 4.78 is 5.10. The first-order valence-corrected chi connectivity index (χ1v) is 6.03. The van der Waals surface area contributed by atoms with Crippen LogP contribution in [0.2, 0.25) is 0 Å². The highest BCUT2D eigenvalue weighted by molar-refractivity contribution is 5.01. The minimum atomic E-state index is -1.03. The summed E-state index contributed by atoms with van der Waals surface area (Å²) in [6.45, 7) is 5.61. The first kappa shape index (κ1) is 11.6. The Morgan fingerprint density at radius 2 is 1.88 bits per heavy atom. The molecule has 0 atom stereocenters. The average molecular weight is 224 g/mol. The maximum absolute atomic E-state index is 9.75. The summed E-state index contributed by atoms with van der Waals surface area (Å²) in [7, 11) is 0. The number of aliphatic hydroxyl groups is 1. The molecule has 0 spiro atoms. The van der Waals surface area contributed by atoms with E-state index in [1.54, 1.807) is 13.8 Å². The van der Waals surface area contributed by atoms with E-state index in [4.69, 9.17) is 4.52 Å². The second-order valence-electron chi connectivity index (χ2n) is 5.47. The molecule has 2 rings (SSSR count). The van der Waals surface area contributed by atoms with Crippen molar-refractivity contribution in [1.29, 1.82) is 0 Å². The molecule has 1 aromatic heterocycles. The van der Waals surface area contributed by atoms with Crippen molar-refractivity contribution in [2.75, 3.05) is 0 Å². The zero-order valence-corrected chi connectivity index (χ0v) is 10.2. The van der Waals surface area contributed by atoms with E-state index in [9.17, 15) is 5.11 Å². The van der Waals surface area contributed by atoms with Crippen LogP contribution in [0, 0.1) is 5.92 Å². The van der Waals surface area contributed by atoms with Crippen molar-refractivity contribution < 1.29 is 9.63 Å². The van der Waals surface area contributed by atoms with Gasteiger partial charge in [0.25, 0.3) is 5.89 Å². The Hall–Kier alpha value is -0.900. The van der Waals surface area contributed by atoms with Crippen molar-refractivity contribution in [2.24, 2.45) is 5.92 Å². The molecule has 1 aromatic rings. The fourth-order valence-electron chi connectivity index (χ4n) is 2.17. The standard InChI is InChI=1S/C12H20N2O2/c1-8-4-6-9(7-5-8)10-13-11(16-14-10)12(2,3)15/h8-9,15H,4-7H2,1-3H3/t8-,9-. The summed E-state index contributed by atoms with van der Waals surface area (Å²) in [6.07, 6.45) is 4.73. The third kappa shape index (κ3) is 2.43. The van der Waals surface area contributed by atoms with Gasteiger partial charge < -0.3 is 9.63 Å². The molecule has 0 bridgehead atoms. The number of rotatable bonds is 2. The van der Waals surface area contributed by atoms with Gasteiger partial charge >= 0.3 is 0 Å². The summed E-state index contributed by atoms with van der Waals surface area (Å²) in [5.41, 5.74) is -1.03. The van der Waals surface area contributed by atoms with Crippen LogP contribution in [0.5, 0.6) is 0 Å². The van der Waals surface area contributed by atoms with Crippen LogP contribution in [-0.2, 0) is 5.60 Å². The van der Waals surface area contributed by atoms with E-state index in [0.29, 0.717) is 11.8 Å². The zero-order chi connectivity index (χ0) is 11.8. The highest BCUT2D eigenvalue weighted by Crippen LogP contribution is 2.34. The van der Waals surface area contributed by atoms with E-state index < -0.39 is 5.60 Å². The van der Waals surface area contributed by atoms with Crippen LogP contribution in [0.25, 0.3) is 0 Å². The topological polar surface area (TPSA) is 59.2 Å². The second-order valence-corrected chi connectivity index (χ2v) is 5.47. The van der Waals surface area contributed by atoms with Gasteiger partial charge in [-0.1, -0.05) is 24.9 Å². The molecule has 1 heterocycles. The smallest absolute Gasteiger partial charge is 0.258 e. The molecule has 1 fully saturated rings. The Morgan fingerprint density at radius 1 is 1.25 bits per heavy atom. The SMILES string of the molecule is CC(C)(O)c1nc([C@H]2CC[C@H](C)CC2)no1. The minimum absolute atomic E-state index is 0.320. The molecule has 0 unspecified atom stereocenters. The third-order valence-corrected chi connectivity index (χ3v) is 3.35. The molecular weight excluding hydrogens is 204 g/mol. The van der Waals surface area contributed by atoms with E-state index in [1.807, 2.05) is 0 Å². The van der Waals surface area contributed by atoms with E-state index >= 15 is 0 Å². The molecule has 0 radical (unpaired) electrons. The molecule has 1 saturated carbocycles. The van der Waals surface area contributed by atoms with E-state index in [2.05, 4.69) is 17.1 Å². The molecule has 0 aromatic carbocycles. The molecule has 0 saturated heterocycles. The minimum Gasteiger partial charge on any atom is -0.381 e. The Labute approximate surface area is 96.1 Å². The van der Waals surface area contributed by atoms with Gasteiger partial charge in [0.2, 0.25) is 0 Å². The largest absolute Gasteiger partial charge is 0.381 e. The predicted molar refractivity (Wildman–Crippen MR) is 59.9 cm³/mol. The Morgan fingerprint density at radius 3 is 2.38 bits per heavy atom. The van der Waals surface area contributed by atoms with Crippen LogP contribution >= 0.6 is 0 Å². The van der Waals surface area contributed by atoms with Gasteiger partial charge in [-0.2, -0.15) is 4.98 Å². The average Bonchev–Trinajstić information content (AvgIpc) is 2.67. The lowest BCUT2D eigenvalue weighted by Crippen LogP contribution is -2.16. The lowest BCUT2D eigenvalue weighted by atomic mass is 9.83. The van der Waals surface area contributed by atoms with Gasteiger partial charge in [-0.3, -0.25) is 0 Å². The first-order valence-electron chi connectivity index (χ1n) is 6.03. The number of hydrogen-bond donors (Lipinski definition) is 1. The molecule has 90 valence electrons. The van der Waals surface area contributed by atoms with Crippen LogP contribution < -0.4 is 0 Å². The van der Waals surface area contributed by atoms with Crippen LogP contribution in [0.1, 0.15) is 64.1 Å². The zero-order valence-electron chi connectivity index (χ0n) is 10.2. The van der Waals surface area contributed by atoms with Crippen LogP contribution in [-0.4, -0.2) is 15.2 Å². The normalized spacial score (nSPS) is 27.0. The maximum atomic E-state index is 9.75. The summed E-state index contributed by atoms with van der Waals surface area (Å²) in [6, 6.07) is 0. The van der Waals surface area contributed by atoms with Gasteiger partial charge in [-0.15, -0.1) is 0 Å². The van der Waals surface area contributed by atoms with Gasteiger partial charge in [0, 0.05) is 5.92 Å². The highest BCUT2D eigenvalue weighted by Gasteiger charge is 2.28. The molecule has 1 aliphatic rings. The summed E-state index contributed by atoms with van der Waals surface area (Å²) in [5.74, 6) is 2.32. The van der Waals surface area contributed by atoms with E-state index in [-0.39, 0.29) is 0 Å². The molecule has 4 nitrogen and oxygen atoms in total. The highest BCUT2D eigenvalue weighted by atomic mass is 16.5. The molecule has 16 heavy (non-hydrogen) atoms. The fraction of sp³-hybridized carbons (Fsp3) is 0.833. The molecule has 0 aliphatic heterocycles. The van der Waals surface area contributed by atoms with Gasteiger partial charge in [0.05, 0.1) is 0 Å². The van der Waals surface area contributed by atoms with Crippen molar-refractivity contribution >= 4 is 0 Å². The number of hydrogen-bond acceptors (Lipinski definition) is 4. The van der Waals surface area contributed by atoms with Crippen molar-refractivity contribution in [3.63, 3.8) is 0 Å². The second kappa shape index (κ2) is 4.17. The van der Waals surface area contributed by atoms with Crippen molar-refractivity contribution in [1.82, 2.24) is 10.1 Å². The van der Waals surface area contributed by atoms with Crippen LogP contribution in [0.4, 0.5) is 0 Å². The van der Waals surface area contributed by atoms with Gasteiger partial charge in [-0.25, -0.2) is 0 Å². The van der Waals surface area contributed by atoms with E-state index in [1.165, 1.54) is 12.8 Å². The third-order valence-electron chi connectivity index (χ3n) is 3.35. The molecule has 1 N–H and O–H groups in total.